The third kappa shape index (κ3) is 3.51. The molecule has 2 atom stereocenters. The summed E-state index contributed by atoms with van der Waals surface area (Å²) in [6, 6.07) is 9.45. The first-order chi connectivity index (χ1) is 10.5. The molecule has 0 saturated carbocycles. The number of hydrogen-bond acceptors (Lipinski definition) is 5. The minimum Gasteiger partial charge on any atom is -0.431 e. The van der Waals surface area contributed by atoms with Crippen LogP contribution in [0.5, 0.6) is 0 Å². The van der Waals surface area contributed by atoms with Crippen molar-refractivity contribution in [2.45, 2.75) is 32.7 Å². The van der Waals surface area contributed by atoms with Crippen LogP contribution in [-0.2, 0) is 18.3 Å². The van der Waals surface area contributed by atoms with Gasteiger partial charge in [0, 0.05) is 0 Å². The second-order valence-electron chi connectivity index (χ2n) is 4.95. The van der Waals surface area contributed by atoms with Gasteiger partial charge in [-0.15, -0.1) is 0 Å². The van der Waals surface area contributed by atoms with Gasteiger partial charge >= 0.3 is 13.7 Å². The van der Waals surface area contributed by atoms with Gasteiger partial charge in [0.15, 0.2) is 0 Å². The Morgan fingerprint density at radius 3 is 2.41 bits per heavy atom. The second kappa shape index (κ2) is 7.27. The zero-order valence-electron chi connectivity index (χ0n) is 13.1. The Hall–Kier alpha value is -1.36. The van der Waals surface area contributed by atoms with Crippen molar-refractivity contribution in [1.29, 1.82) is 0 Å². The molecule has 2 rings (SSSR count). The number of carbonyl (C=O) groups excluding carboxylic acids is 1. The van der Waals surface area contributed by atoms with Crippen molar-refractivity contribution in [2.75, 3.05) is 19.8 Å². The molecule has 1 heterocycles. The Labute approximate surface area is 130 Å². The molecule has 1 amide bonds. The van der Waals surface area contributed by atoms with Crippen LogP contribution in [-0.4, -0.2) is 36.6 Å². The van der Waals surface area contributed by atoms with Crippen LogP contribution >= 0.6 is 7.60 Å². The minimum atomic E-state index is -3.46. The van der Waals surface area contributed by atoms with E-state index in [-0.39, 0.29) is 25.8 Å². The van der Waals surface area contributed by atoms with E-state index in [4.69, 9.17) is 13.8 Å². The number of cyclic esters (lactones) is 1. The van der Waals surface area contributed by atoms with Crippen LogP contribution in [0, 0.1) is 0 Å². The van der Waals surface area contributed by atoms with Gasteiger partial charge in [0.2, 0.25) is 5.85 Å². The van der Waals surface area contributed by atoms with E-state index in [9.17, 15) is 9.36 Å². The van der Waals surface area contributed by atoms with Gasteiger partial charge < -0.3 is 13.8 Å². The van der Waals surface area contributed by atoms with Gasteiger partial charge in [-0.05, 0) is 26.3 Å². The maximum atomic E-state index is 12.7. The Balaban J connectivity index is 2.14. The lowest BCUT2D eigenvalue weighted by molar-refractivity contribution is 0.126. The zero-order chi connectivity index (χ0) is 16.2. The first-order valence-corrected chi connectivity index (χ1v) is 9.04. The highest BCUT2D eigenvalue weighted by atomic mass is 31.2. The molecule has 0 bridgehead atoms. The van der Waals surface area contributed by atoms with E-state index >= 15 is 0 Å². The molecule has 0 aliphatic carbocycles. The van der Waals surface area contributed by atoms with Crippen LogP contribution < -0.4 is 0 Å². The third-order valence-corrected chi connectivity index (χ3v) is 5.75. The van der Waals surface area contributed by atoms with Crippen LogP contribution in [0.4, 0.5) is 4.79 Å². The monoisotopic (exact) mass is 327 g/mol. The third-order valence-electron chi connectivity index (χ3n) is 3.54. The molecule has 0 spiro atoms. The van der Waals surface area contributed by atoms with E-state index in [1.165, 1.54) is 0 Å². The number of benzene rings is 1. The van der Waals surface area contributed by atoms with E-state index in [0.29, 0.717) is 0 Å². The molecule has 0 unspecified atom stereocenters. The number of nitrogens with zero attached hydrogens (tertiary/aromatic N) is 1. The predicted molar refractivity (Wildman–Crippen MR) is 82.7 cm³/mol. The summed E-state index contributed by atoms with van der Waals surface area (Å²) >= 11 is 0. The predicted octanol–water partition coefficient (Wildman–Crippen LogP) is 3.79. The number of amides is 1. The molecule has 1 aromatic carbocycles. The highest BCUT2D eigenvalue weighted by Gasteiger charge is 2.47. The largest absolute Gasteiger partial charge is 0.431 e. The van der Waals surface area contributed by atoms with Crippen LogP contribution in [0.25, 0.3) is 0 Å². The summed E-state index contributed by atoms with van der Waals surface area (Å²) in [6.45, 7) is 6.02. The summed E-state index contributed by atoms with van der Waals surface area (Å²) in [5.41, 5.74) is 0.989. The Morgan fingerprint density at radius 1 is 1.27 bits per heavy atom. The van der Waals surface area contributed by atoms with Gasteiger partial charge in [-0.3, -0.25) is 9.46 Å². The molecular formula is C15H22NO5P. The standard InChI is InChI=1S/C15H22NO5P/c1-4-19-22(18,20-5-2)14-11-16(15(17)21-14)12(3)13-9-7-6-8-10-13/h6-10,12,14H,4-5,11H2,1-3H3/t12-,14-/m1/s1. The van der Waals surface area contributed by atoms with E-state index in [2.05, 4.69) is 0 Å². The highest BCUT2D eigenvalue weighted by Crippen LogP contribution is 2.55. The van der Waals surface area contributed by atoms with Crippen molar-refractivity contribution in [2.24, 2.45) is 0 Å². The topological polar surface area (TPSA) is 65.1 Å². The van der Waals surface area contributed by atoms with Gasteiger partial charge in [-0.2, -0.15) is 0 Å². The van der Waals surface area contributed by atoms with Crippen molar-refractivity contribution in [3.63, 3.8) is 0 Å². The van der Waals surface area contributed by atoms with Crippen molar-refractivity contribution in [3.05, 3.63) is 35.9 Å². The summed E-state index contributed by atoms with van der Waals surface area (Å²) < 4.78 is 28.5. The van der Waals surface area contributed by atoms with Crippen LogP contribution in [0.2, 0.25) is 0 Å². The Bertz CT molecular complexity index is 540. The van der Waals surface area contributed by atoms with Crippen LogP contribution in [0.3, 0.4) is 0 Å². The molecule has 22 heavy (non-hydrogen) atoms. The van der Waals surface area contributed by atoms with Crippen molar-refractivity contribution < 1.29 is 23.1 Å². The second-order valence-corrected chi connectivity index (χ2v) is 7.12. The first kappa shape index (κ1) is 17.0. The molecule has 0 N–H and O–H groups in total. The fourth-order valence-electron chi connectivity index (χ4n) is 2.42. The lowest BCUT2D eigenvalue weighted by Crippen LogP contribution is -2.28. The van der Waals surface area contributed by atoms with Crippen molar-refractivity contribution in [3.8, 4) is 0 Å². The zero-order valence-corrected chi connectivity index (χ0v) is 14.0. The molecule has 1 fully saturated rings. The number of rotatable bonds is 7. The van der Waals surface area contributed by atoms with Gasteiger partial charge in [0.05, 0.1) is 25.8 Å². The number of carbonyl (C=O) groups is 1. The minimum absolute atomic E-state index is 0.171. The molecule has 6 nitrogen and oxygen atoms in total. The molecule has 1 aliphatic rings. The average Bonchev–Trinajstić information content (AvgIpc) is 2.90. The summed E-state index contributed by atoms with van der Waals surface area (Å²) in [5.74, 6) is -0.883. The highest BCUT2D eigenvalue weighted by molar-refractivity contribution is 7.54. The SMILES string of the molecule is CCOP(=O)(OCC)[C@@H]1CN([C@H](C)c2ccccc2)C(=O)O1. The smallest absolute Gasteiger partial charge is 0.411 e. The molecule has 7 heteroatoms. The van der Waals surface area contributed by atoms with Crippen molar-refractivity contribution >= 4 is 13.7 Å². The van der Waals surface area contributed by atoms with Gasteiger partial charge in [-0.25, -0.2) is 4.79 Å². The molecule has 0 aromatic heterocycles. The van der Waals surface area contributed by atoms with Gasteiger partial charge in [0.25, 0.3) is 0 Å². The first-order valence-electron chi connectivity index (χ1n) is 7.42. The fourth-order valence-corrected chi connectivity index (χ4v) is 4.14. The molecule has 122 valence electrons. The molecule has 1 aromatic rings. The lowest BCUT2D eigenvalue weighted by atomic mass is 10.1. The van der Waals surface area contributed by atoms with Crippen LogP contribution in [0.15, 0.2) is 30.3 Å². The molecule has 1 aliphatic heterocycles. The Morgan fingerprint density at radius 2 is 1.86 bits per heavy atom. The van der Waals surface area contributed by atoms with E-state index in [1.807, 2.05) is 37.3 Å². The molecule has 1 saturated heterocycles. The summed E-state index contributed by atoms with van der Waals surface area (Å²) in [7, 11) is -3.46. The van der Waals surface area contributed by atoms with Gasteiger partial charge in [0.1, 0.15) is 0 Å². The average molecular weight is 327 g/mol. The van der Waals surface area contributed by atoms with Crippen molar-refractivity contribution in [1.82, 2.24) is 4.90 Å². The summed E-state index contributed by atoms with van der Waals surface area (Å²) in [5, 5.41) is 0. The summed E-state index contributed by atoms with van der Waals surface area (Å²) in [6.07, 6.45) is -0.499. The number of hydrogen-bond donors (Lipinski definition) is 0. The maximum absolute atomic E-state index is 12.7. The maximum Gasteiger partial charge on any atom is 0.411 e. The number of ether oxygens (including phenoxy) is 1. The Kier molecular flexibility index (Phi) is 5.62. The van der Waals surface area contributed by atoms with E-state index in [0.717, 1.165) is 5.56 Å². The van der Waals surface area contributed by atoms with Crippen LogP contribution in [0.1, 0.15) is 32.4 Å². The van der Waals surface area contributed by atoms with E-state index in [1.54, 1.807) is 18.7 Å². The molecular weight excluding hydrogens is 305 g/mol. The van der Waals surface area contributed by atoms with E-state index < -0.39 is 19.5 Å². The van der Waals surface area contributed by atoms with Gasteiger partial charge in [-0.1, -0.05) is 30.3 Å². The quantitative estimate of drug-likeness (QED) is 0.713. The fraction of sp³-hybridized carbons (Fsp3) is 0.533. The summed E-state index contributed by atoms with van der Waals surface area (Å²) in [4.78, 5) is 13.7. The lowest BCUT2D eigenvalue weighted by Gasteiger charge is -2.23. The molecule has 0 radical (unpaired) electrons. The normalized spacial score (nSPS) is 20.0.